The fourth-order valence-electron chi connectivity index (χ4n) is 3.56. The van der Waals surface area contributed by atoms with Gasteiger partial charge >= 0.3 is 6.03 Å². The van der Waals surface area contributed by atoms with Gasteiger partial charge in [0.2, 0.25) is 0 Å². The summed E-state index contributed by atoms with van der Waals surface area (Å²) in [7, 11) is 1.84. The molecule has 4 rings (SSSR count). The second-order valence-corrected chi connectivity index (χ2v) is 6.54. The maximum atomic E-state index is 13.4. The molecule has 1 atom stereocenters. The van der Waals surface area contributed by atoms with Crippen molar-refractivity contribution in [3.05, 3.63) is 88.2 Å². The van der Waals surface area contributed by atoms with Crippen LogP contribution >= 0.6 is 0 Å². The summed E-state index contributed by atoms with van der Waals surface area (Å²) in [5.74, 6) is -0.279. The number of hydrogen-bond donors (Lipinski definition) is 2. The van der Waals surface area contributed by atoms with Crippen LogP contribution in [0.1, 0.15) is 32.0 Å². The lowest BCUT2D eigenvalue weighted by atomic mass is 9.88. The number of carbonyl (C=O) groups is 1. The van der Waals surface area contributed by atoms with Crippen molar-refractivity contribution in [3.8, 4) is 0 Å². The van der Waals surface area contributed by atoms with Crippen molar-refractivity contribution in [2.45, 2.75) is 18.9 Å². The van der Waals surface area contributed by atoms with E-state index < -0.39 is 0 Å². The largest absolute Gasteiger partial charge is 0.385 e. The first-order valence-corrected chi connectivity index (χ1v) is 8.73. The van der Waals surface area contributed by atoms with Gasteiger partial charge < -0.3 is 15.5 Å². The number of hydrogen-bond acceptors (Lipinski definition) is 2. The van der Waals surface area contributed by atoms with Crippen LogP contribution < -0.4 is 10.6 Å². The molecule has 0 fully saturated rings. The van der Waals surface area contributed by atoms with Gasteiger partial charge in [0.1, 0.15) is 5.82 Å². The molecule has 0 saturated heterocycles. The summed E-state index contributed by atoms with van der Waals surface area (Å²) in [6, 6.07) is 14.2. The zero-order chi connectivity index (χ0) is 18.1. The van der Waals surface area contributed by atoms with Crippen molar-refractivity contribution in [2.24, 2.45) is 0 Å². The van der Waals surface area contributed by atoms with Gasteiger partial charge in [-0.05, 0) is 35.2 Å². The number of urea groups is 1. The van der Waals surface area contributed by atoms with Crippen LogP contribution in [0.3, 0.4) is 0 Å². The van der Waals surface area contributed by atoms with Crippen molar-refractivity contribution in [2.75, 3.05) is 13.6 Å². The Balaban J connectivity index is 0.00000140. The normalized spacial score (nSPS) is 18.2. The highest BCUT2D eigenvalue weighted by Crippen LogP contribution is 2.35. The summed E-state index contributed by atoms with van der Waals surface area (Å²) in [6.07, 6.45) is 1.49. The quantitative estimate of drug-likeness (QED) is 0.820. The van der Waals surface area contributed by atoms with Crippen LogP contribution in [0.4, 0.5) is 9.18 Å². The molecule has 136 valence electrons. The molecule has 0 saturated carbocycles. The molecule has 1 heterocycles. The smallest absolute Gasteiger partial charge is 0.322 e. The van der Waals surface area contributed by atoms with Crippen LogP contribution in [0.25, 0.3) is 0 Å². The lowest BCUT2D eigenvalue weighted by Gasteiger charge is -2.38. The molecule has 5 heteroatoms. The van der Waals surface area contributed by atoms with E-state index in [0.29, 0.717) is 13.0 Å². The molecule has 2 amide bonds. The topological polar surface area (TPSA) is 44.4 Å². The van der Waals surface area contributed by atoms with E-state index in [9.17, 15) is 9.18 Å². The Kier molecular flexibility index (Phi) is 4.23. The van der Waals surface area contributed by atoms with E-state index in [4.69, 9.17) is 0 Å². The second-order valence-electron chi connectivity index (χ2n) is 6.54. The van der Waals surface area contributed by atoms with Crippen molar-refractivity contribution in [1.82, 2.24) is 15.5 Å². The van der Waals surface area contributed by atoms with E-state index in [2.05, 4.69) is 22.4 Å². The number of carbonyl (C=O) groups excluding carboxylic acids is 1. The first-order valence-electron chi connectivity index (χ1n) is 8.73. The number of nitrogens with zero attached hydrogens (tertiary/aromatic N) is 1. The molecule has 0 spiro atoms. The van der Waals surface area contributed by atoms with Gasteiger partial charge in [-0.3, -0.25) is 0 Å². The Hall–Kier alpha value is -3.04. The van der Waals surface area contributed by atoms with E-state index in [1.807, 2.05) is 30.1 Å². The third-order valence-electron chi connectivity index (χ3n) is 4.94. The first kappa shape index (κ1) is 16.4. The van der Waals surface area contributed by atoms with Gasteiger partial charge in [-0.25, -0.2) is 9.18 Å². The molecular formula is C21H24FN3O. The molecule has 0 aromatic heterocycles. The molecule has 0 unspecified atom stereocenters. The van der Waals surface area contributed by atoms with Crippen LogP contribution in [0.2, 0.25) is 0 Å². The predicted molar refractivity (Wildman–Crippen MR) is 102 cm³/mol. The van der Waals surface area contributed by atoms with Crippen LogP contribution in [-0.4, -0.2) is 24.5 Å². The fraction of sp³-hybridized carbons (Fsp3) is 0.238. The van der Waals surface area contributed by atoms with Gasteiger partial charge in [0.15, 0.2) is 0 Å². The molecule has 2 aromatic carbocycles. The Labute approximate surface area is 155 Å². The van der Waals surface area contributed by atoms with E-state index >= 15 is 0 Å². The van der Waals surface area contributed by atoms with Gasteiger partial charge in [-0.2, -0.15) is 0 Å². The minimum Gasteiger partial charge on any atom is -0.385 e. The molecule has 0 radical (unpaired) electrons. The lowest BCUT2D eigenvalue weighted by molar-refractivity contribution is 0.182. The summed E-state index contributed by atoms with van der Waals surface area (Å²) in [6.45, 7) is 0.612. The van der Waals surface area contributed by atoms with E-state index in [-0.39, 0.29) is 20.7 Å². The first-order chi connectivity index (χ1) is 12.7. The number of rotatable bonds is 3. The SMILES string of the molecule is CNC1=C=C(NC(=O)N2CCc3ccccc3[C@@H]2c2ccc(F)cc2)C1.[HH].[HH]. The molecule has 2 aromatic rings. The molecule has 1 aliphatic heterocycles. The average molecular weight is 353 g/mol. The molecular weight excluding hydrogens is 329 g/mol. The predicted octanol–water partition coefficient (Wildman–Crippen LogP) is 3.96. The minimum atomic E-state index is -0.279. The fourth-order valence-corrected chi connectivity index (χ4v) is 3.56. The summed E-state index contributed by atoms with van der Waals surface area (Å²) in [5.41, 5.74) is 8.09. The third-order valence-corrected chi connectivity index (χ3v) is 4.94. The van der Waals surface area contributed by atoms with E-state index in [1.54, 1.807) is 12.1 Å². The van der Waals surface area contributed by atoms with Gasteiger partial charge in [0.05, 0.1) is 17.4 Å². The molecule has 1 aliphatic carbocycles. The summed E-state index contributed by atoms with van der Waals surface area (Å²) < 4.78 is 13.4. The Morgan fingerprint density at radius 3 is 2.65 bits per heavy atom. The van der Waals surface area contributed by atoms with Crippen LogP contribution in [0, 0.1) is 5.82 Å². The minimum absolute atomic E-state index is 0. The highest BCUT2D eigenvalue weighted by Gasteiger charge is 2.32. The molecule has 26 heavy (non-hydrogen) atoms. The number of halogens is 1. The van der Waals surface area contributed by atoms with Gasteiger partial charge in [-0.1, -0.05) is 42.1 Å². The van der Waals surface area contributed by atoms with Crippen LogP contribution in [-0.2, 0) is 6.42 Å². The van der Waals surface area contributed by atoms with Gasteiger partial charge in [0, 0.05) is 22.9 Å². The van der Waals surface area contributed by atoms with Crippen molar-refractivity contribution < 1.29 is 12.0 Å². The van der Waals surface area contributed by atoms with Crippen molar-refractivity contribution in [1.29, 1.82) is 0 Å². The zero-order valence-electron chi connectivity index (χ0n) is 14.6. The highest BCUT2D eigenvalue weighted by atomic mass is 19.1. The Bertz CT molecular complexity index is 924. The highest BCUT2D eigenvalue weighted by molar-refractivity contribution is 5.78. The average Bonchev–Trinajstić information content (AvgIpc) is 2.64. The maximum Gasteiger partial charge on any atom is 0.322 e. The second kappa shape index (κ2) is 6.70. The Morgan fingerprint density at radius 2 is 1.92 bits per heavy atom. The standard InChI is InChI=1S/C21H20FN3O.2H2/c1-23-17-12-18(13-17)24-21(26)25-11-10-14-4-2-3-5-19(14)20(25)15-6-8-16(22)9-7-15;;/h2-9,20,23H,10-12H2,1H3,(H,24,26);2*1H/t20-;;/m0../s1. The maximum absolute atomic E-state index is 13.4. The monoisotopic (exact) mass is 353 g/mol. The molecule has 2 aliphatic rings. The number of benzene rings is 2. The zero-order valence-corrected chi connectivity index (χ0v) is 14.6. The lowest BCUT2D eigenvalue weighted by Crippen LogP contribution is -2.46. The molecule has 0 bridgehead atoms. The van der Waals surface area contributed by atoms with Crippen LogP contribution in [0.5, 0.6) is 0 Å². The number of fused-ring (bicyclic) bond motifs is 1. The molecule has 2 N–H and O–H groups in total. The van der Waals surface area contributed by atoms with Gasteiger partial charge in [-0.15, -0.1) is 0 Å². The Morgan fingerprint density at radius 1 is 1.19 bits per heavy atom. The summed E-state index contributed by atoms with van der Waals surface area (Å²) >= 11 is 0. The summed E-state index contributed by atoms with van der Waals surface area (Å²) in [4.78, 5) is 14.7. The van der Waals surface area contributed by atoms with E-state index in [0.717, 1.165) is 28.9 Å². The summed E-state index contributed by atoms with van der Waals surface area (Å²) in [5, 5.41) is 5.97. The molecule has 4 nitrogen and oxygen atoms in total. The van der Waals surface area contributed by atoms with Crippen LogP contribution in [0.15, 0.2) is 65.7 Å². The van der Waals surface area contributed by atoms with Gasteiger partial charge in [0.25, 0.3) is 0 Å². The number of nitrogens with one attached hydrogen (secondary N) is 2. The third kappa shape index (κ3) is 2.98. The van der Waals surface area contributed by atoms with Crippen molar-refractivity contribution in [3.63, 3.8) is 0 Å². The number of amides is 2. The van der Waals surface area contributed by atoms with E-state index in [1.165, 1.54) is 17.7 Å². The van der Waals surface area contributed by atoms with Crippen molar-refractivity contribution >= 4 is 6.03 Å².